The maximum Gasteiger partial charge on any atom is 0.237 e. The zero-order chi connectivity index (χ0) is 16.0. The van der Waals surface area contributed by atoms with E-state index in [0.717, 1.165) is 18.4 Å². The number of nitrogens with one attached hydrogen (secondary N) is 1. The monoisotopic (exact) mass is 339 g/mol. The second-order valence-corrected chi connectivity index (χ2v) is 6.69. The van der Waals surface area contributed by atoms with Gasteiger partial charge in [-0.1, -0.05) is 49.6 Å². The summed E-state index contributed by atoms with van der Waals surface area (Å²) in [6.07, 6.45) is 6.66. The van der Waals surface area contributed by atoms with E-state index in [2.05, 4.69) is 24.3 Å². The molecule has 0 bridgehead atoms. The number of carbonyl (C=O) groups excluding carboxylic acids is 1. The van der Waals surface area contributed by atoms with Gasteiger partial charge in [0.1, 0.15) is 0 Å². The smallest absolute Gasteiger partial charge is 0.237 e. The molecule has 0 spiro atoms. The van der Waals surface area contributed by atoms with Crippen LogP contribution in [0.15, 0.2) is 30.3 Å². The summed E-state index contributed by atoms with van der Waals surface area (Å²) in [5.41, 5.74) is 7.26. The molecule has 130 valence electrons. The van der Waals surface area contributed by atoms with Gasteiger partial charge in [-0.2, -0.15) is 0 Å². The molecule has 1 saturated carbocycles. The van der Waals surface area contributed by atoms with Crippen LogP contribution in [0.5, 0.6) is 0 Å². The highest BCUT2D eigenvalue weighted by Crippen LogP contribution is 2.31. The van der Waals surface area contributed by atoms with Gasteiger partial charge in [-0.15, -0.1) is 12.4 Å². The highest BCUT2D eigenvalue weighted by Gasteiger charge is 2.34. The van der Waals surface area contributed by atoms with Crippen LogP contribution in [0.1, 0.15) is 37.7 Å². The first-order valence-corrected chi connectivity index (χ1v) is 8.28. The minimum atomic E-state index is -0.481. The van der Waals surface area contributed by atoms with Crippen molar-refractivity contribution in [3.8, 4) is 0 Å². The van der Waals surface area contributed by atoms with E-state index < -0.39 is 6.04 Å². The molecule has 4 nitrogen and oxygen atoms in total. The molecule has 5 heteroatoms. The molecule has 1 fully saturated rings. The first kappa shape index (κ1) is 19.9. The van der Waals surface area contributed by atoms with Crippen LogP contribution in [0, 0.1) is 0 Å². The molecule has 0 saturated heterocycles. The Hall–Kier alpha value is -1.10. The van der Waals surface area contributed by atoms with E-state index in [1.54, 1.807) is 0 Å². The van der Waals surface area contributed by atoms with Gasteiger partial charge in [-0.05, 0) is 38.9 Å². The fraction of sp³-hybridized carbons (Fsp3) is 0.611. The largest absolute Gasteiger partial charge is 0.353 e. The highest BCUT2D eigenvalue weighted by atomic mass is 35.5. The molecule has 0 aliphatic heterocycles. The maximum atomic E-state index is 12.3. The van der Waals surface area contributed by atoms with Gasteiger partial charge in [-0.25, -0.2) is 0 Å². The SMILES string of the molecule is CN(C)C1(CNC(=O)C(N)Cc2ccccc2)CCCCC1.Cl. The quantitative estimate of drug-likeness (QED) is 0.836. The van der Waals surface area contributed by atoms with E-state index in [9.17, 15) is 4.79 Å². The normalized spacial score (nSPS) is 18.1. The third kappa shape index (κ3) is 5.48. The number of hydrogen-bond donors (Lipinski definition) is 2. The Morgan fingerprint density at radius 3 is 2.39 bits per heavy atom. The first-order valence-electron chi connectivity index (χ1n) is 8.28. The van der Waals surface area contributed by atoms with Crippen molar-refractivity contribution >= 4 is 18.3 Å². The third-order valence-electron chi connectivity index (χ3n) is 4.96. The molecule has 1 aliphatic carbocycles. The average Bonchev–Trinajstić information content (AvgIpc) is 2.54. The van der Waals surface area contributed by atoms with Crippen molar-refractivity contribution in [2.45, 2.75) is 50.1 Å². The Labute approximate surface area is 146 Å². The van der Waals surface area contributed by atoms with Gasteiger partial charge in [0.05, 0.1) is 6.04 Å². The van der Waals surface area contributed by atoms with E-state index in [1.807, 2.05) is 30.3 Å². The van der Waals surface area contributed by atoms with Crippen LogP contribution in [0.25, 0.3) is 0 Å². The second-order valence-electron chi connectivity index (χ2n) is 6.69. The molecular formula is C18H30ClN3O. The van der Waals surface area contributed by atoms with Crippen LogP contribution in [0.4, 0.5) is 0 Å². The standard InChI is InChI=1S/C18H29N3O.ClH/c1-21(2)18(11-7-4-8-12-18)14-20-17(22)16(19)13-15-9-5-3-6-10-15;/h3,5-6,9-10,16H,4,7-8,11-14,19H2,1-2H3,(H,20,22);1H. The number of hydrogen-bond acceptors (Lipinski definition) is 3. The summed E-state index contributed by atoms with van der Waals surface area (Å²) in [4.78, 5) is 14.6. The van der Waals surface area contributed by atoms with Crippen molar-refractivity contribution < 1.29 is 4.79 Å². The molecule has 23 heavy (non-hydrogen) atoms. The van der Waals surface area contributed by atoms with Gasteiger partial charge in [0.15, 0.2) is 0 Å². The van der Waals surface area contributed by atoms with E-state index >= 15 is 0 Å². The summed E-state index contributed by atoms with van der Waals surface area (Å²) in [6, 6.07) is 9.46. The Bertz CT molecular complexity index is 472. The summed E-state index contributed by atoms with van der Waals surface area (Å²) in [6.45, 7) is 0.696. The molecule has 1 aromatic carbocycles. The highest BCUT2D eigenvalue weighted by molar-refractivity contribution is 5.85. The molecule has 3 N–H and O–H groups in total. The second kappa shape index (κ2) is 9.26. The third-order valence-corrected chi connectivity index (χ3v) is 4.96. The zero-order valence-electron chi connectivity index (χ0n) is 14.3. The van der Waals surface area contributed by atoms with Crippen LogP contribution in [-0.4, -0.2) is 43.0 Å². The van der Waals surface area contributed by atoms with Gasteiger partial charge in [0.2, 0.25) is 5.91 Å². The summed E-state index contributed by atoms with van der Waals surface area (Å²) < 4.78 is 0. The fourth-order valence-corrected chi connectivity index (χ4v) is 3.34. The van der Waals surface area contributed by atoms with Crippen molar-refractivity contribution in [3.63, 3.8) is 0 Å². The molecule has 1 aromatic rings. The fourth-order valence-electron chi connectivity index (χ4n) is 3.34. The summed E-state index contributed by atoms with van der Waals surface area (Å²) in [5, 5.41) is 3.09. The number of nitrogens with two attached hydrogens (primary N) is 1. The molecular weight excluding hydrogens is 310 g/mol. The molecule has 0 aromatic heterocycles. The first-order chi connectivity index (χ1) is 10.5. The summed E-state index contributed by atoms with van der Waals surface area (Å²) in [7, 11) is 4.22. The Kier molecular flexibility index (Phi) is 8.03. The molecule has 1 aliphatic rings. The number of halogens is 1. The number of rotatable bonds is 6. The number of amides is 1. The Morgan fingerprint density at radius 2 is 1.83 bits per heavy atom. The number of nitrogens with zero attached hydrogens (tertiary/aromatic N) is 1. The van der Waals surface area contributed by atoms with Gasteiger partial charge in [0.25, 0.3) is 0 Å². The lowest BCUT2D eigenvalue weighted by Crippen LogP contribution is -2.56. The molecule has 0 radical (unpaired) electrons. The van der Waals surface area contributed by atoms with Gasteiger partial charge < -0.3 is 16.0 Å². The predicted octanol–water partition coefficient (Wildman–Crippen LogP) is 2.36. The Morgan fingerprint density at radius 1 is 1.22 bits per heavy atom. The van der Waals surface area contributed by atoms with Gasteiger partial charge in [0, 0.05) is 12.1 Å². The van der Waals surface area contributed by atoms with E-state index in [4.69, 9.17) is 5.73 Å². The molecule has 1 unspecified atom stereocenters. The van der Waals surface area contributed by atoms with Crippen LogP contribution < -0.4 is 11.1 Å². The lowest BCUT2D eigenvalue weighted by atomic mass is 9.80. The number of carbonyl (C=O) groups is 1. The van der Waals surface area contributed by atoms with E-state index in [-0.39, 0.29) is 23.9 Å². The van der Waals surface area contributed by atoms with Crippen molar-refractivity contribution in [2.75, 3.05) is 20.6 Å². The number of likely N-dealkylation sites (N-methyl/N-ethyl adjacent to an activating group) is 1. The predicted molar refractivity (Wildman–Crippen MR) is 97.9 cm³/mol. The topological polar surface area (TPSA) is 58.4 Å². The molecule has 1 amide bonds. The molecule has 1 atom stereocenters. The van der Waals surface area contributed by atoms with Crippen LogP contribution in [-0.2, 0) is 11.2 Å². The van der Waals surface area contributed by atoms with Crippen LogP contribution >= 0.6 is 12.4 Å². The van der Waals surface area contributed by atoms with Gasteiger partial charge in [-0.3, -0.25) is 4.79 Å². The van der Waals surface area contributed by atoms with Crippen molar-refractivity contribution in [3.05, 3.63) is 35.9 Å². The minimum Gasteiger partial charge on any atom is -0.353 e. The zero-order valence-corrected chi connectivity index (χ0v) is 15.1. The van der Waals surface area contributed by atoms with E-state index in [1.165, 1.54) is 19.3 Å². The summed E-state index contributed by atoms with van der Waals surface area (Å²) in [5.74, 6) is -0.0457. The number of benzene rings is 1. The molecule has 0 heterocycles. The average molecular weight is 340 g/mol. The van der Waals surface area contributed by atoms with Gasteiger partial charge >= 0.3 is 0 Å². The molecule has 2 rings (SSSR count). The lowest BCUT2D eigenvalue weighted by Gasteiger charge is -2.43. The summed E-state index contributed by atoms with van der Waals surface area (Å²) >= 11 is 0. The van der Waals surface area contributed by atoms with Crippen molar-refractivity contribution in [1.29, 1.82) is 0 Å². The maximum absolute atomic E-state index is 12.3. The van der Waals surface area contributed by atoms with E-state index in [0.29, 0.717) is 13.0 Å². The van der Waals surface area contributed by atoms with Crippen molar-refractivity contribution in [1.82, 2.24) is 10.2 Å². The Balaban J connectivity index is 0.00000264. The minimum absolute atomic E-state index is 0. The van der Waals surface area contributed by atoms with Crippen LogP contribution in [0.2, 0.25) is 0 Å². The van der Waals surface area contributed by atoms with Crippen LogP contribution in [0.3, 0.4) is 0 Å². The lowest BCUT2D eigenvalue weighted by molar-refractivity contribution is -0.123. The van der Waals surface area contributed by atoms with Crippen molar-refractivity contribution in [2.24, 2.45) is 5.73 Å².